The standard InChI is InChI=1S/C18H22ClN3O2S/c1-20-14-3-2-8-22(10-14)18(23)9-15-12-25-17(21-15)11-24-16-6-4-13(19)5-7-16/h4-7,12,14,20H,2-3,8-11H2,1H3. The molecule has 1 atom stereocenters. The lowest BCUT2D eigenvalue weighted by atomic mass is 10.1. The van der Waals surface area contributed by atoms with Crippen LogP contribution in [-0.2, 0) is 17.8 Å². The highest BCUT2D eigenvalue weighted by Crippen LogP contribution is 2.19. The third kappa shape index (κ3) is 5.17. The van der Waals surface area contributed by atoms with E-state index in [9.17, 15) is 4.79 Å². The van der Waals surface area contributed by atoms with Gasteiger partial charge >= 0.3 is 0 Å². The van der Waals surface area contributed by atoms with Crippen LogP contribution in [0.15, 0.2) is 29.6 Å². The quantitative estimate of drug-likeness (QED) is 0.837. The van der Waals surface area contributed by atoms with Crippen LogP contribution in [0, 0.1) is 0 Å². The van der Waals surface area contributed by atoms with E-state index in [1.807, 2.05) is 29.5 Å². The van der Waals surface area contributed by atoms with E-state index in [-0.39, 0.29) is 5.91 Å². The lowest BCUT2D eigenvalue weighted by Gasteiger charge is -2.32. The van der Waals surface area contributed by atoms with Gasteiger partial charge in [0.15, 0.2) is 0 Å². The van der Waals surface area contributed by atoms with Crippen molar-refractivity contribution in [2.45, 2.75) is 31.9 Å². The van der Waals surface area contributed by atoms with Gasteiger partial charge in [0.25, 0.3) is 0 Å². The maximum Gasteiger partial charge on any atom is 0.228 e. The summed E-state index contributed by atoms with van der Waals surface area (Å²) in [6.45, 7) is 2.02. The number of halogens is 1. The van der Waals surface area contributed by atoms with Crippen molar-refractivity contribution in [2.75, 3.05) is 20.1 Å². The molecule has 134 valence electrons. The number of likely N-dealkylation sites (tertiary alicyclic amines) is 1. The second-order valence-electron chi connectivity index (χ2n) is 6.12. The normalized spacial score (nSPS) is 17.5. The maximum absolute atomic E-state index is 12.5. The van der Waals surface area contributed by atoms with E-state index in [1.54, 1.807) is 12.1 Å². The highest BCUT2D eigenvalue weighted by molar-refractivity contribution is 7.09. The molecule has 7 heteroatoms. The monoisotopic (exact) mass is 379 g/mol. The number of nitrogens with zero attached hydrogens (tertiary/aromatic N) is 2. The maximum atomic E-state index is 12.5. The van der Waals surface area contributed by atoms with Gasteiger partial charge in [-0.25, -0.2) is 4.98 Å². The lowest BCUT2D eigenvalue weighted by Crippen LogP contribution is -2.47. The minimum absolute atomic E-state index is 0.149. The van der Waals surface area contributed by atoms with Crippen LogP contribution >= 0.6 is 22.9 Å². The summed E-state index contributed by atoms with van der Waals surface area (Å²) < 4.78 is 5.70. The van der Waals surface area contributed by atoms with Gasteiger partial charge in [0.1, 0.15) is 17.4 Å². The first-order valence-corrected chi connectivity index (χ1v) is 9.66. The van der Waals surface area contributed by atoms with Crippen molar-refractivity contribution in [1.82, 2.24) is 15.2 Å². The number of amides is 1. The van der Waals surface area contributed by atoms with E-state index < -0.39 is 0 Å². The van der Waals surface area contributed by atoms with Crippen LogP contribution in [0.4, 0.5) is 0 Å². The number of rotatable bonds is 6. The number of piperidine rings is 1. The number of thiazole rings is 1. The number of hydrogen-bond acceptors (Lipinski definition) is 5. The van der Waals surface area contributed by atoms with Crippen molar-refractivity contribution in [2.24, 2.45) is 0 Å². The molecule has 1 unspecified atom stereocenters. The topological polar surface area (TPSA) is 54.5 Å². The Bertz CT molecular complexity index is 705. The molecule has 25 heavy (non-hydrogen) atoms. The molecule has 0 radical (unpaired) electrons. The van der Waals surface area contributed by atoms with E-state index >= 15 is 0 Å². The summed E-state index contributed by atoms with van der Waals surface area (Å²) in [7, 11) is 1.95. The number of carbonyl (C=O) groups excluding carboxylic acids is 1. The Morgan fingerprint density at radius 3 is 3.00 bits per heavy atom. The number of aromatic nitrogens is 1. The zero-order valence-corrected chi connectivity index (χ0v) is 15.8. The van der Waals surface area contributed by atoms with E-state index in [4.69, 9.17) is 16.3 Å². The molecule has 1 N–H and O–H groups in total. The number of nitrogens with one attached hydrogen (secondary N) is 1. The lowest BCUT2D eigenvalue weighted by molar-refractivity contribution is -0.131. The Balaban J connectivity index is 1.51. The highest BCUT2D eigenvalue weighted by atomic mass is 35.5. The molecule has 1 amide bonds. The van der Waals surface area contributed by atoms with Crippen molar-refractivity contribution >= 4 is 28.8 Å². The van der Waals surface area contributed by atoms with Gasteiger partial charge in [0.2, 0.25) is 5.91 Å². The minimum atomic E-state index is 0.149. The van der Waals surface area contributed by atoms with Crippen molar-refractivity contribution in [3.05, 3.63) is 45.4 Å². The first-order chi connectivity index (χ1) is 12.1. The van der Waals surface area contributed by atoms with E-state index in [0.717, 1.165) is 42.4 Å². The SMILES string of the molecule is CNC1CCCN(C(=O)Cc2csc(COc3ccc(Cl)cc3)n2)C1. The Morgan fingerprint density at radius 2 is 2.24 bits per heavy atom. The van der Waals surface area contributed by atoms with E-state index in [0.29, 0.717) is 24.1 Å². The molecule has 1 aromatic heterocycles. The summed E-state index contributed by atoms with van der Waals surface area (Å²) in [5.41, 5.74) is 0.816. The molecule has 3 rings (SSSR count). The van der Waals surface area contributed by atoms with Gasteiger partial charge in [0, 0.05) is 29.5 Å². The zero-order valence-electron chi connectivity index (χ0n) is 14.2. The Hall–Kier alpha value is -1.63. The van der Waals surface area contributed by atoms with E-state index in [2.05, 4.69) is 10.3 Å². The third-order valence-corrected chi connectivity index (χ3v) is 5.41. The summed E-state index contributed by atoms with van der Waals surface area (Å²) in [6, 6.07) is 7.64. The Kier molecular flexibility index (Phi) is 6.29. The molecular weight excluding hydrogens is 358 g/mol. The van der Waals surface area contributed by atoms with Crippen molar-refractivity contribution in [3.8, 4) is 5.75 Å². The molecule has 1 aromatic carbocycles. The second kappa shape index (κ2) is 8.65. The fraction of sp³-hybridized carbons (Fsp3) is 0.444. The predicted molar refractivity (Wildman–Crippen MR) is 100 cm³/mol. The average molecular weight is 380 g/mol. The molecule has 1 saturated heterocycles. The first kappa shape index (κ1) is 18.2. The van der Waals surface area contributed by atoms with Crippen LogP contribution in [0.3, 0.4) is 0 Å². The van der Waals surface area contributed by atoms with Crippen LogP contribution in [0.5, 0.6) is 5.75 Å². The molecular formula is C18H22ClN3O2S. The predicted octanol–water partition coefficient (Wildman–Crippen LogP) is 3.13. The van der Waals surface area contributed by atoms with Crippen LogP contribution in [0.1, 0.15) is 23.5 Å². The average Bonchev–Trinajstić information content (AvgIpc) is 3.08. The molecule has 0 spiro atoms. The van der Waals surface area contributed by atoms with Crippen LogP contribution in [0.2, 0.25) is 5.02 Å². The summed E-state index contributed by atoms with van der Waals surface area (Å²) >= 11 is 7.38. The summed E-state index contributed by atoms with van der Waals surface area (Å²) in [4.78, 5) is 18.9. The van der Waals surface area contributed by atoms with Gasteiger partial charge in [-0.15, -0.1) is 11.3 Å². The molecule has 1 fully saturated rings. The fourth-order valence-electron chi connectivity index (χ4n) is 2.88. The number of ether oxygens (including phenoxy) is 1. The molecule has 1 aliphatic heterocycles. The Morgan fingerprint density at radius 1 is 1.44 bits per heavy atom. The van der Waals surface area contributed by atoms with Gasteiger partial charge in [-0.2, -0.15) is 0 Å². The molecule has 2 heterocycles. The third-order valence-electron chi connectivity index (χ3n) is 4.29. The van der Waals surface area contributed by atoms with Gasteiger partial charge in [-0.05, 0) is 44.2 Å². The Labute approximate surface area is 157 Å². The molecule has 2 aromatic rings. The molecule has 1 aliphatic rings. The van der Waals surface area contributed by atoms with Gasteiger partial charge in [-0.3, -0.25) is 4.79 Å². The van der Waals surface area contributed by atoms with Crippen molar-refractivity contribution < 1.29 is 9.53 Å². The number of benzene rings is 1. The molecule has 5 nitrogen and oxygen atoms in total. The summed E-state index contributed by atoms with van der Waals surface area (Å²) in [5, 5.41) is 6.75. The van der Waals surface area contributed by atoms with Crippen molar-refractivity contribution in [1.29, 1.82) is 0 Å². The first-order valence-electron chi connectivity index (χ1n) is 8.40. The van der Waals surface area contributed by atoms with E-state index in [1.165, 1.54) is 11.3 Å². The minimum Gasteiger partial charge on any atom is -0.486 e. The van der Waals surface area contributed by atoms with Crippen LogP contribution < -0.4 is 10.1 Å². The zero-order chi connectivity index (χ0) is 17.6. The van der Waals surface area contributed by atoms with Gasteiger partial charge in [-0.1, -0.05) is 11.6 Å². The van der Waals surface area contributed by atoms with Gasteiger partial charge < -0.3 is 15.0 Å². The summed E-state index contributed by atoms with van der Waals surface area (Å²) in [6.07, 6.45) is 2.53. The van der Waals surface area contributed by atoms with Crippen molar-refractivity contribution in [3.63, 3.8) is 0 Å². The molecule has 0 aliphatic carbocycles. The van der Waals surface area contributed by atoms with Crippen LogP contribution in [0.25, 0.3) is 0 Å². The van der Waals surface area contributed by atoms with Gasteiger partial charge in [0.05, 0.1) is 12.1 Å². The fourth-order valence-corrected chi connectivity index (χ4v) is 3.71. The second-order valence-corrected chi connectivity index (χ2v) is 7.50. The summed E-state index contributed by atoms with van der Waals surface area (Å²) in [5.74, 6) is 0.902. The molecule has 0 saturated carbocycles. The largest absolute Gasteiger partial charge is 0.486 e. The van der Waals surface area contributed by atoms with Crippen LogP contribution in [-0.4, -0.2) is 42.0 Å². The molecule has 0 bridgehead atoms. The smallest absolute Gasteiger partial charge is 0.228 e. The highest BCUT2D eigenvalue weighted by Gasteiger charge is 2.23. The number of carbonyl (C=O) groups is 1. The number of likely N-dealkylation sites (N-methyl/N-ethyl adjacent to an activating group) is 1. The number of hydrogen-bond donors (Lipinski definition) is 1.